The van der Waals surface area contributed by atoms with E-state index in [0.29, 0.717) is 24.5 Å². The van der Waals surface area contributed by atoms with Crippen LogP contribution in [-0.4, -0.2) is 61.9 Å². The molecule has 2 aromatic rings. The van der Waals surface area contributed by atoms with Gasteiger partial charge in [0.25, 0.3) is 0 Å². The van der Waals surface area contributed by atoms with Crippen LogP contribution in [-0.2, 0) is 39.1 Å². The zero-order valence-corrected chi connectivity index (χ0v) is 21.6. The van der Waals surface area contributed by atoms with E-state index in [1.54, 1.807) is 28.6 Å². The molecule has 4 rings (SSSR count). The van der Waals surface area contributed by atoms with Gasteiger partial charge in [-0.15, -0.1) is 0 Å². The minimum absolute atomic E-state index is 0.0861. The van der Waals surface area contributed by atoms with Crippen molar-refractivity contribution >= 4 is 15.9 Å². The second-order valence-corrected chi connectivity index (χ2v) is 11.8. The Morgan fingerprint density at radius 3 is 2.09 bits per heavy atom. The molecule has 0 spiro atoms. The molecule has 2 aliphatic rings. The van der Waals surface area contributed by atoms with Gasteiger partial charge in [-0.05, 0) is 55.5 Å². The summed E-state index contributed by atoms with van der Waals surface area (Å²) in [6.45, 7) is 8.62. The van der Waals surface area contributed by atoms with Crippen LogP contribution >= 0.6 is 0 Å². The summed E-state index contributed by atoms with van der Waals surface area (Å²) >= 11 is 0. The monoisotopic (exact) mass is 499 g/mol. The Hall–Kier alpha value is -2.26. The largest absolute Gasteiger partial charge is 0.373 e. The maximum Gasteiger partial charge on any atom is 0.243 e. The first kappa shape index (κ1) is 25.8. The standard InChI is InChI=1S/C27H37N3O4S/c1-21-18-29(19-22(2)34-21)20-25-8-6-24(7-9-25)17-28-27(31)16-23-10-12-26(13-11-23)35(32,33)30-14-4-3-5-15-30/h6-13,21-22H,3-5,14-20H2,1-2H3,(H,28,31). The number of benzene rings is 2. The average molecular weight is 500 g/mol. The van der Waals surface area contributed by atoms with Crippen LogP contribution in [0.1, 0.15) is 49.8 Å². The molecule has 2 fully saturated rings. The zero-order chi connectivity index (χ0) is 24.8. The van der Waals surface area contributed by atoms with Gasteiger partial charge in [0, 0.05) is 39.3 Å². The van der Waals surface area contributed by atoms with E-state index >= 15 is 0 Å². The number of carbonyl (C=O) groups is 1. The number of hydrogen-bond donors (Lipinski definition) is 1. The van der Waals surface area contributed by atoms with Gasteiger partial charge < -0.3 is 10.1 Å². The fraction of sp³-hybridized carbons (Fsp3) is 0.519. The molecule has 2 heterocycles. The highest BCUT2D eigenvalue weighted by atomic mass is 32.2. The Morgan fingerprint density at radius 2 is 1.46 bits per heavy atom. The van der Waals surface area contributed by atoms with Crippen LogP contribution in [0.5, 0.6) is 0 Å². The topological polar surface area (TPSA) is 79.0 Å². The van der Waals surface area contributed by atoms with Gasteiger partial charge in [-0.2, -0.15) is 4.31 Å². The molecule has 0 bridgehead atoms. The Labute approximate surface area is 209 Å². The fourth-order valence-electron chi connectivity index (χ4n) is 4.92. The Morgan fingerprint density at radius 1 is 0.886 bits per heavy atom. The van der Waals surface area contributed by atoms with E-state index in [2.05, 4.69) is 48.3 Å². The highest BCUT2D eigenvalue weighted by Crippen LogP contribution is 2.21. The van der Waals surface area contributed by atoms with Gasteiger partial charge in [-0.25, -0.2) is 8.42 Å². The van der Waals surface area contributed by atoms with Crippen LogP contribution in [0.15, 0.2) is 53.4 Å². The van der Waals surface area contributed by atoms with Crippen LogP contribution in [0.25, 0.3) is 0 Å². The van der Waals surface area contributed by atoms with E-state index in [0.717, 1.165) is 50.0 Å². The third-order valence-corrected chi connectivity index (χ3v) is 8.57. The van der Waals surface area contributed by atoms with E-state index in [4.69, 9.17) is 4.74 Å². The van der Waals surface area contributed by atoms with Crippen LogP contribution in [0.4, 0.5) is 0 Å². The molecule has 2 aromatic carbocycles. The maximum atomic E-state index is 12.8. The highest BCUT2D eigenvalue weighted by Gasteiger charge is 2.26. The first-order valence-electron chi connectivity index (χ1n) is 12.6. The minimum atomic E-state index is -3.45. The lowest BCUT2D eigenvalue weighted by Gasteiger charge is -2.35. The number of sulfonamides is 1. The van der Waals surface area contributed by atoms with Gasteiger partial charge in [0.1, 0.15) is 0 Å². The van der Waals surface area contributed by atoms with Crippen LogP contribution < -0.4 is 5.32 Å². The number of carbonyl (C=O) groups excluding carboxylic acids is 1. The van der Waals surface area contributed by atoms with Gasteiger partial charge in [-0.1, -0.05) is 42.8 Å². The van der Waals surface area contributed by atoms with Crippen LogP contribution in [0.3, 0.4) is 0 Å². The number of morpholine rings is 1. The second-order valence-electron chi connectivity index (χ2n) is 9.83. The summed E-state index contributed by atoms with van der Waals surface area (Å²) in [5.41, 5.74) is 3.10. The lowest BCUT2D eigenvalue weighted by atomic mass is 10.1. The number of amides is 1. The maximum absolute atomic E-state index is 12.8. The molecule has 0 aromatic heterocycles. The van der Waals surface area contributed by atoms with E-state index < -0.39 is 10.0 Å². The smallest absolute Gasteiger partial charge is 0.243 e. The molecule has 0 radical (unpaired) electrons. The Kier molecular flexibility index (Phi) is 8.59. The molecule has 1 N–H and O–H groups in total. The average Bonchev–Trinajstić information content (AvgIpc) is 2.84. The third kappa shape index (κ3) is 7.13. The number of piperidine rings is 1. The predicted molar refractivity (Wildman–Crippen MR) is 136 cm³/mol. The van der Waals surface area contributed by atoms with Gasteiger partial charge in [0.05, 0.1) is 23.5 Å². The first-order chi connectivity index (χ1) is 16.8. The Bertz CT molecular complexity index is 1070. The van der Waals surface area contributed by atoms with Crippen LogP contribution in [0.2, 0.25) is 0 Å². The lowest BCUT2D eigenvalue weighted by Crippen LogP contribution is -2.44. The molecule has 1 amide bonds. The quantitative estimate of drug-likeness (QED) is 0.603. The van der Waals surface area contributed by atoms with Crippen molar-refractivity contribution in [1.29, 1.82) is 0 Å². The molecule has 7 nitrogen and oxygen atoms in total. The molecule has 2 atom stereocenters. The van der Waals surface area contributed by atoms with Crippen molar-refractivity contribution in [3.05, 3.63) is 65.2 Å². The molecule has 190 valence electrons. The van der Waals surface area contributed by atoms with Crippen molar-refractivity contribution in [3.63, 3.8) is 0 Å². The number of hydrogen-bond acceptors (Lipinski definition) is 5. The predicted octanol–water partition coefficient (Wildman–Crippen LogP) is 3.33. The number of ether oxygens (including phenoxy) is 1. The zero-order valence-electron chi connectivity index (χ0n) is 20.8. The van der Waals surface area contributed by atoms with E-state index in [1.807, 2.05) is 0 Å². The molecule has 2 saturated heterocycles. The lowest BCUT2D eigenvalue weighted by molar-refractivity contribution is -0.120. The molecular formula is C27H37N3O4S. The van der Waals surface area contributed by atoms with Gasteiger partial charge >= 0.3 is 0 Å². The first-order valence-corrected chi connectivity index (χ1v) is 14.0. The summed E-state index contributed by atoms with van der Waals surface area (Å²) in [6, 6.07) is 15.0. The Balaban J connectivity index is 1.24. The molecule has 2 unspecified atom stereocenters. The van der Waals surface area contributed by atoms with Gasteiger partial charge in [-0.3, -0.25) is 9.69 Å². The summed E-state index contributed by atoms with van der Waals surface area (Å²) in [6.07, 6.45) is 3.62. The van der Waals surface area contributed by atoms with Crippen molar-refractivity contribution in [1.82, 2.24) is 14.5 Å². The number of nitrogens with one attached hydrogen (secondary N) is 1. The molecule has 8 heteroatoms. The summed E-state index contributed by atoms with van der Waals surface area (Å²) in [5, 5.41) is 2.96. The summed E-state index contributed by atoms with van der Waals surface area (Å²) in [7, 11) is -3.45. The molecule has 2 aliphatic heterocycles. The SMILES string of the molecule is CC1CN(Cc2ccc(CNC(=O)Cc3ccc(S(=O)(=O)N4CCCCC4)cc3)cc2)CC(C)O1. The molecule has 0 aliphatic carbocycles. The summed E-state index contributed by atoms with van der Waals surface area (Å²) in [5.74, 6) is -0.0861. The molecule has 0 saturated carbocycles. The fourth-order valence-corrected chi connectivity index (χ4v) is 6.43. The van der Waals surface area contributed by atoms with E-state index in [1.165, 1.54) is 5.56 Å². The van der Waals surface area contributed by atoms with Crippen molar-refractivity contribution < 1.29 is 17.9 Å². The number of rotatable bonds is 8. The highest BCUT2D eigenvalue weighted by molar-refractivity contribution is 7.89. The van der Waals surface area contributed by atoms with Crippen molar-refractivity contribution in [2.24, 2.45) is 0 Å². The van der Waals surface area contributed by atoms with Crippen molar-refractivity contribution in [3.8, 4) is 0 Å². The second kappa shape index (κ2) is 11.6. The van der Waals surface area contributed by atoms with Crippen molar-refractivity contribution in [2.45, 2.75) is 69.7 Å². The molecular weight excluding hydrogens is 462 g/mol. The third-order valence-electron chi connectivity index (χ3n) is 6.65. The van der Waals surface area contributed by atoms with Crippen LogP contribution in [0, 0.1) is 0 Å². The normalized spacial score (nSPS) is 22.1. The van der Waals surface area contributed by atoms with Gasteiger partial charge in [0.15, 0.2) is 0 Å². The molecule has 35 heavy (non-hydrogen) atoms. The summed E-state index contributed by atoms with van der Waals surface area (Å²) < 4.78 is 32.9. The number of nitrogens with zero attached hydrogens (tertiary/aromatic N) is 2. The minimum Gasteiger partial charge on any atom is -0.373 e. The van der Waals surface area contributed by atoms with Gasteiger partial charge in [0.2, 0.25) is 15.9 Å². The summed E-state index contributed by atoms with van der Waals surface area (Å²) in [4.78, 5) is 15.2. The van der Waals surface area contributed by atoms with E-state index in [9.17, 15) is 13.2 Å². The van der Waals surface area contributed by atoms with Crippen molar-refractivity contribution in [2.75, 3.05) is 26.2 Å². The van der Waals surface area contributed by atoms with E-state index in [-0.39, 0.29) is 24.5 Å².